The molecule has 0 bridgehead atoms. The van der Waals surface area contributed by atoms with E-state index < -0.39 is 21.9 Å². The van der Waals surface area contributed by atoms with Gasteiger partial charge in [0.25, 0.3) is 5.91 Å². The van der Waals surface area contributed by atoms with Crippen LogP contribution in [0.4, 0.5) is 0 Å². The normalized spacial score (nSPS) is 16.0. The third-order valence-corrected chi connectivity index (χ3v) is 6.06. The predicted molar refractivity (Wildman–Crippen MR) is 86.2 cm³/mol. The predicted octanol–water partition coefficient (Wildman–Crippen LogP) is -0.112. The molecule has 0 atom stereocenters. The van der Waals surface area contributed by atoms with Gasteiger partial charge in [0.1, 0.15) is 5.69 Å². The quantitative estimate of drug-likeness (QED) is 0.728. The van der Waals surface area contributed by atoms with Crippen LogP contribution in [0.25, 0.3) is 0 Å². The van der Waals surface area contributed by atoms with E-state index in [1.165, 1.54) is 16.6 Å². The van der Waals surface area contributed by atoms with Crippen molar-refractivity contribution >= 4 is 33.7 Å². The molecule has 10 heteroatoms. The zero-order valence-corrected chi connectivity index (χ0v) is 13.9. The highest BCUT2D eigenvalue weighted by Gasteiger charge is 2.24. The number of carbonyl (C=O) groups is 2. The summed E-state index contributed by atoms with van der Waals surface area (Å²) < 4.78 is 25.7. The van der Waals surface area contributed by atoms with Crippen molar-refractivity contribution in [1.82, 2.24) is 14.6 Å². The first-order valence-corrected chi connectivity index (χ1v) is 9.69. The van der Waals surface area contributed by atoms with E-state index in [4.69, 9.17) is 5.11 Å². The molecular formula is C13H17N3O5S2. The summed E-state index contributed by atoms with van der Waals surface area (Å²) in [4.78, 5) is 26.5. The van der Waals surface area contributed by atoms with Crippen LogP contribution in [0.15, 0.2) is 18.3 Å². The van der Waals surface area contributed by atoms with Crippen LogP contribution >= 0.6 is 11.8 Å². The Kier molecular flexibility index (Phi) is 5.97. The maximum Gasteiger partial charge on any atom is 0.335 e. The van der Waals surface area contributed by atoms with Crippen molar-refractivity contribution in [2.45, 2.75) is 0 Å². The molecule has 1 fully saturated rings. The summed E-state index contributed by atoms with van der Waals surface area (Å²) in [5, 5.41) is 11.3. The third kappa shape index (κ3) is 4.91. The summed E-state index contributed by atoms with van der Waals surface area (Å²) in [6.07, 6.45) is 1.22. The molecule has 1 amide bonds. The van der Waals surface area contributed by atoms with Crippen molar-refractivity contribution < 1.29 is 23.1 Å². The molecule has 8 nitrogen and oxygen atoms in total. The molecule has 1 aliphatic rings. The molecule has 2 N–H and O–H groups in total. The lowest BCUT2D eigenvalue weighted by Gasteiger charge is -2.25. The van der Waals surface area contributed by atoms with Gasteiger partial charge in [0.05, 0.1) is 11.3 Å². The van der Waals surface area contributed by atoms with Crippen molar-refractivity contribution in [2.75, 3.05) is 36.9 Å². The number of carbonyl (C=O) groups excluding carboxylic acids is 1. The van der Waals surface area contributed by atoms with E-state index in [2.05, 4.69) is 10.3 Å². The molecule has 0 aromatic carbocycles. The SMILES string of the molecule is O=C(O)c1ccnc(C(=O)NCCS(=O)(=O)N2CCSCC2)c1. The van der Waals surface area contributed by atoms with Crippen molar-refractivity contribution in [2.24, 2.45) is 0 Å². The summed E-state index contributed by atoms with van der Waals surface area (Å²) in [5.41, 5.74) is -0.111. The number of thioether (sulfide) groups is 1. The molecule has 126 valence electrons. The molecule has 1 saturated heterocycles. The Balaban J connectivity index is 1.89. The number of pyridine rings is 1. The number of hydrogen-bond acceptors (Lipinski definition) is 6. The summed E-state index contributed by atoms with van der Waals surface area (Å²) in [5.74, 6) is -0.402. The molecule has 0 radical (unpaired) electrons. The number of carboxylic acids is 1. The lowest BCUT2D eigenvalue weighted by molar-refractivity contribution is 0.0696. The summed E-state index contributed by atoms with van der Waals surface area (Å²) in [6, 6.07) is 2.42. The van der Waals surface area contributed by atoms with Gasteiger partial charge in [-0.3, -0.25) is 9.78 Å². The standard InChI is InChI=1S/C13H17N3O5S2/c17-12(11-9-10(13(18)19)1-2-14-11)15-3-8-23(20,21)16-4-6-22-7-5-16/h1-2,9H,3-8H2,(H,15,17)(H,18,19). The van der Waals surface area contributed by atoms with E-state index >= 15 is 0 Å². The van der Waals surface area contributed by atoms with E-state index in [0.717, 1.165) is 17.6 Å². The molecule has 1 aromatic heterocycles. The fraction of sp³-hybridized carbons (Fsp3) is 0.462. The van der Waals surface area contributed by atoms with E-state index in [0.29, 0.717) is 13.1 Å². The summed E-state index contributed by atoms with van der Waals surface area (Å²) in [6.45, 7) is 0.927. The van der Waals surface area contributed by atoms with Crippen molar-refractivity contribution in [3.8, 4) is 0 Å². The number of carboxylic acid groups (broad SMARTS) is 1. The molecule has 0 aliphatic carbocycles. The number of sulfonamides is 1. The number of hydrogen-bond donors (Lipinski definition) is 2. The van der Waals surface area contributed by atoms with Crippen molar-refractivity contribution in [1.29, 1.82) is 0 Å². The molecule has 0 unspecified atom stereocenters. The smallest absolute Gasteiger partial charge is 0.335 e. The molecule has 23 heavy (non-hydrogen) atoms. The highest BCUT2D eigenvalue weighted by atomic mass is 32.2. The van der Waals surface area contributed by atoms with Crippen LogP contribution in [-0.2, 0) is 10.0 Å². The van der Waals surface area contributed by atoms with Crippen molar-refractivity contribution in [3.05, 3.63) is 29.6 Å². The van der Waals surface area contributed by atoms with Crippen LogP contribution in [0.1, 0.15) is 20.8 Å². The Morgan fingerprint density at radius 3 is 2.70 bits per heavy atom. The Labute approximate surface area is 138 Å². The zero-order valence-electron chi connectivity index (χ0n) is 12.3. The van der Waals surface area contributed by atoms with Gasteiger partial charge in [0.2, 0.25) is 10.0 Å². The van der Waals surface area contributed by atoms with Gasteiger partial charge in [-0.25, -0.2) is 17.5 Å². The number of amides is 1. The molecule has 0 saturated carbocycles. The fourth-order valence-corrected chi connectivity index (χ4v) is 4.52. The highest BCUT2D eigenvalue weighted by molar-refractivity contribution is 7.99. The van der Waals surface area contributed by atoms with Crippen LogP contribution in [0, 0.1) is 0 Å². The van der Waals surface area contributed by atoms with E-state index in [9.17, 15) is 18.0 Å². The number of aromatic carboxylic acids is 1. The van der Waals surface area contributed by atoms with Crippen molar-refractivity contribution in [3.63, 3.8) is 0 Å². The Morgan fingerprint density at radius 2 is 2.04 bits per heavy atom. The van der Waals surface area contributed by atoms with Gasteiger partial charge in [-0.2, -0.15) is 11.8 Å². The molecule has 1 aliphatic heterocycles. The van der Waals surface area contributed by atoms with Crippen LogP contribution in [-0.4, -0.2) is 71.6 Å². The average molecular weight is 359 g/mol. The largest absolute Gasteiger partial charge is 0.478 e. The van der Waals surface area contributed by atoms with Gasteiger partial charge < -0.3 is 10.4 Å². The fourth-order valence-electron chi connectivity index (χ4n) is 2.03. The van der Waals surface area contributed by atoms with E-state index in [1.807, 2.05) is 0 Å². The lowest BCUT2D eigenvalue weighted by Crippen LogP contribution is -2.42. The molecule has 1 aromatic rings. The first kappa shape index (κ1) is 17.7. The average Bonchev–Trinajstić information content (AvgIpc) is 2.55. The minimum atomic E-state index is -3.39. The minimum absolute atomic E-state index is 0.0518. The van der Waals surface area contributed by atoms with Gasteiger partial charge in [0, 0.05) is 37.3 Å². The number of aromatic nitrogens is 1. The first-order valence-electron chi connectivity index (χ1n) is 6.93. The first-order chi connectivity index (χ1) is 10.9. The topological polar surface area (TPSA) is 117 Å². The van der Waals surface area contributed by atoms with Crippen LogP contribution in [0.2, 0.25) is 0 Å². The second-order valence-corrected chi connectivity index (χ2v) is 8.13. The molecule has 0 spiro atoms. The lowest BCUT2D eigenvalue weighted by atomic mass is 10.2. The monoisotopic (exact) mass is 359 g/mol. The summed E-state index contributed by atoms with van der Waals surface area (Å²) in [7, 11) is -3.39. The van der Waals surface area contributed by atoms with Gasteiger partial charge >= 0.3 is 5.97 Å². The maximum absolute atomic E-state index is 12.1. The molecular weight excluding hydrogens is 342 g/mol. The van der Waals surface area contributed by atoms with Crippen LogP contribution < -0.4 is 5.32 Å². The van der Waals surface area contributed by atoms with Gasteiger partial charge in [-0.1, -0.05) is 0 Å². The third-order valence-electron chi connectivity index (χ3n) is 3.25. The summed E-state index contributed by atoms with van der Waals surface area (Å²) >= 11 is 1.71. The number of rotatable bonds is 6. The van der Waals surface area contributed by atoms with Gasteiger partial charge in [-0.15, -0.1) is 0 Å². The molecule has 2 heterocycles. The van der Waals surface area contributed by atoms with E-state index in [-0.39, 0.29) is 23.6 Å². The molecule has 2 rings (SSSR count). The highest BCUT2D eigenvalue weighted by Crippen LogP contribution is 2.13. The second kappa shape index (κ2) is 7.75. The minimum Gasteiger partial charge on any atom is -0.478 e. The van der Waals surface area contributed by atoms with Gasteiger partial charge in [-0.05, 0) is 12.1 Å². The number of nitrogens with one attached hydrogen (secondary N) is 1. The maximum atomic E-state index is 12.1. The van der Waals surface area contributed by atoms with Crippen LogP contribution in [0.3, 0.4) is 0 Å². The van der Waals surface area contributed by atoms with E-state index in [1.54, 1.807) is 11.8 Å². The van der Waals surface area contributed by atoms with Gasteiger partial charge in [0.15, 0.2) is 0 Å². The zero-order chi connectivity index (χ0) is 16.9. The Bertz CT molecular complexity index is 687. The van der Waals surface area contributed by atoms with Crippen LogP contribution in [0.5, 0.6) is 0 Å². The Morgan fingerprint density at radius 1 is 1.35 bits per heavy atom. The Hall–Kier alpha value is -1.65. The number of nitrogens with zero attached hydrogens (tertiary/aromatic N) is 2. The second-order valence-electron chi connectivity index (χ2n) is 4.82.